The second-order valence-electron chi connectivity index (χ2n) is 11.2. The van der Waals surface area contributed by atoms with Crippen molar-refractivity contribution < 1.29 is 23.8 Å². The maximum Gasteiger partial charge on any atom is 0.336 e. The number of rotatable bonds is 9. The van der Waals surface area contributed by atoms with Gasteiger partial charge in [0, 0.05) is 34.3 Å². The summed E-state index contributed by atoms with van der Waals surface area (Å²) in [7, 11) is 1.59. The summed E-state index contributed by atoms with van der Waals surface area (Å²) in [6.07, 6.45) is 0.974. The molecular weight excluding hydrogens is 550 g/mol. The largest absolute Gasteiger partial charge is 0.493 e. The fraction of sp³-hybridized carbons (Fsp3) is 0.314. The van der Waals surface area contributed by atoms with Gasteiger partial charge in [0.25, 0.3) is 0 Å². The third-order valence-electron chi connectivity index (χ3n) is 7.69. The van der Waals surface area contributed by atoms with Crippen LogP contribution in [0.3, 0.4) is 0 Å². The van der Waals surface area contributed by atoms with Crippen molar-refractivity contribution >= 4 is 23.4 Å². The smallest absolute Gasteiger partial charge is 0.336 e. The molecule has 0 bridgehead atoms. The van der Waals surface area contributed by atoms with Crippen LogP contribution in [-0.2, 0) is 20.9 Å². The van der Waals surface area contributed by atoms with Crippen LogP contribution in [0, 0.1) is 5.92 Å². The molecule has 0 amide bonds. The third-order valence-corrected chi connectivity index (χ3v) is 7.95. The van der Waals surface area contributed by atoms with Gasteiger partial charge in [0.15, 0.2) is 17.3 Å². The first-order valence-corrected chi connectivity index (χ1v) is 14.6. The van der Waals surface area contributed by atoms with Crippen molar-refractivity contribution in [1.29, 1.82) is 0 Å². The van der Waals surface area contributed by atoms with Gasteiger partial charge in [-0.05, 0) is 66.1 Å². The molecule has 5 rings (SSSR count). The number of carbonyl (C=O) groups excluding carboxylic acids is 2. The molecule has 0 unspecified atom stereocenters. The molecule has 1 aliphatic carbocycles. The Morgan fingerprint density at radius 1 is 0.976 bits per heavy atom. The Morgan fingerprint density at radius 2 is 1.69 bits per heavy atom. The second kappa shape index (κ2) is 12.9. The minimum absolute atomic E-state index is 0.00118. The number of Topliss-reactive ketones (excluding diaryl/α,β-unsaturated/α-hetero) is 1. The Balaban J connectivity index is 1.52. The molecule has 6 nitrogen and oxygen atoms in total. The fourth-order valence-electron chi connectivity index (χ4n) is 5.65. The molecule has 2 atom stereocenters. The van der Waals surface area contributed by atoms with E-state index < -0.39 is 11.9 Å². The molecule has 3 aromatic rings. The number of hydrogen-bond donors (Lipinski definition) is 1. The number of methoxy groups -OCH3 is 1. The molecule has 42 heavy (non-hydrogen) atoms. The summed E-state index contributed by atoms with van der Waals surface area (Å²) in [5.74, 6) is 0.260. The molecule has 0 aromatic heterocycles. The van der Waals surface area contributed by atoms with Gasteiger partial charge < -0.3 is 19.5 Å². The predicted octanol–water partition coefficient (Wildman–Crippen LogP) is 7.49. The van der Waals surface area contributed by atoms with Crippen molar-refractivity contribution in [2.45, 2.75) is 52.1 Å². The minimum atomic E-state index is -0.600. The van der Waals surface area contributed by atoms with Gasteiger partial charge in [0.1, 0.15) is 6.61 Å². The Kier molecular flexibility index (Phi) is 9.03. The van der Waals surface area contributed by atoms with E-state index in [0.717, 1.165) is 22.4 Å². The van der Waals surface area contributed by atoms with Crippen LogP contribution in [0.25, 0.3) is 0 Å². The topological polar surface area (TPSA) is 73.9 Å². The number of hydrogen-bond acceptors (Lipinski definition) is 6. The highest BCUT2D eigenvalue weighted by Crippen LogP contribution is 2.47. The monoisotopic (exact) mass is 585 g/mol. The van der Waals surface area contributed by atoms with Gasteiger partial charge in [-0.1, -0.05) is 74.0 Å². The Morgan fingerprint density at radius 3 is 2.38 bits per heavy atom. The number of ether oxygens (including phenoxy) is 3. The van der Waals surface area contributed by atoms with E-state index in [1.165, 1.54) is 0 Å². The fourth-order valence-corrected chi connectivity index (χ4v) is 5.78. The zero-order valence-corrected chi connectivity index (χ0v) is 25.2. The number of halogens is 1. The van der Waals surface area contributed by atoms with Crippen LogP contribution in [0.5, 0.6) is 11.5 Å². The normalized spacial score (nSPS) is 18.5. The third kappa shape index (κ3) is 6.39. The zero-order chi connectivity index (χ0) is 29.8. The van der Waals surface area contributed by atoms with Crippen molar-refractivity contribution in [2.24, 2.45) is 5.92 Å². The van der Waals surface area contributed by atoms with Crippen LogP contribution < -0.4 is 14.8 Å². The quantitative estimate of drug-likeness (QED) is 0.262. The molecule has 1 N–H and O–H groups in total. The van der Waals surface area contributed by atoms with Crippen molar-refractivity contribution in [3.8, 4) is 11.5 Å². The average Bonchev–Trinajstić information content (AvgIpc) is 2.98. The lowest BCUT2D eigenvalue weighted by molar-refractivity contribution is -0.140. The maximum atomic E-state index is 13.9. The summed E-state index contributed by atoms with van der Waals surface area (Å²) in [6, 6.07) is 23.2. The Bertz CT molecular complexity index is 1520. The highest BCUT2D eigenvalue weighted by atomic mass is 35.5. The summed E-state index contributed by atoms with van der Waals surface area (Å²) >= 11 is 6.12. The maximum absolute atomic E-state index is 13.9. The molecule has 0 fully saturated rings. The first-order valence-electron chi connectivity index (χ1n) is 14.3. The zero-order valence-electron chi connectivity index (χ0n) is 24.4. The first kappa shape index (κ1) is 29.5. The highest BCUT2D eigenvalue weighted by molar-refractivity contribution is 6.30. The number of allylic oxidation sites excluding steroid dienone is 3. The van der Waals surface area contributed by atoms with Crippen LogP contribution in [0.2, 0.25) is 5.02 Å². The SMILES string of the molecule is COc1cc([C@H]2C(C(=O)OCC(C)C)=C(C)NC3=C2C(=O)C[C@H](c2ccc(Cl)cc2)C3)ccc1OCc1ccccc1. The van der Waals surface area contributed by atoms with E-state index in [1.807, 2.05) is 93.6 Å². The van der Waals surface area contributed by atoms with E-state index in [9.17, 15) is 9.59 Å². The standard InChI is InChI=1S/C35H36ClNO5/c1-21(2)19-42-35(39)32-22(3)37-28-16-26(24-10-13-27(36)14-11-24)17-29(38)34(28)33(32)25-12-15-30(31(18-25)40-4)41-20-23-8-6-5-7-9-23/h5-15,18,21,26,33,37H,16-17,19-20H2,1-4H3/t26-,33+/m1/s1. The number of dihydropyridines is 1. The van der Waals surface area contributed by atoms with E-state index in [4.69, 9.17) is 25.8 Å². The Hall–Kier alpha value is -4.03. The van der Waals surface area contributed by atoms with Gasteiger partial charge in [-0.15, -0.1) is 0 Å². The van der Waals surface area contributed by atoms with E-state index in [-0.39, 0.29) is 24.2 Å². The first-order chi connectivity index (χ1) is 20.2. The van der Waals surface area contributed by atoms with Crippen molar-refractivity contribution in [3.63, 3.8) is 0 Å². The summed E-state index contributed by atoms with van der Waals surface area (Å²) in [5.41, 5.74) is 5.41. The summed E-state index contributed by atoms with van der Waals surface area (Å²) in [4.78, 5) is 27.5. The molecular formula is C35H36ClNO5. The summed E-state index contributed by atoms with van der Waals surface area (Å²) in [6.45, 7) is 6.53. The number of esters is 1. The lowest BCUT2D eigenvalue weighted by Crippen LogP contribution is -2.36. The molecule has 0 saturated carbocycles. The summed E-state index contributed by atoms with van der Waals surface area (Å²) < 4.78 is 17.5. The van der Waals surface area contributed by atoms with E-state index >= 15 is 0 Å². The van der Waals surface area contributed by atoms with E-state index in [1.54, 1.807) is 7.11 Å². The van der Waals surface area contributed by atoms with Crippen LogP contribution in [0.4, 0.5) is 0 Å². The number of benzene rings is 3. The van der Waals surface area contributed by atoms with Crippen LogP contribution in [-0.4, -0.2) is 25.5 Å². The predicted molar refractivity (Wildman–Crippen MR) is 164 cm³/mol. The van der Waals surface area contributed by atoms with Gasteiger partial charge in [0.05, 0.1) is 19.3 Å². The van der Waals surface area contributed by atoms with Gasteiger partial charge in [-0.3, -0.25) is 4.79 Å². The molecule has 218 valence electrons. The minimum Gasteiger partial charge on any atom is -0.493 e. The molecule has 3 aromatic carbocycles. The molecule has 0 spiro atoms. The molecule has 0 saturated heterocycles. The lowest BCUT2D eigenvalue weighted by Gasteiger charge is -2.37. The molecule has 7 heteroatoms. The van der Waals surface area contributed by atoms with Crippen LogP contribution >= 0.6 is 11.6 Å². The highest BCUT2D eigenvalue weighted by Gasteiger charge is 2.41. The number of carbonyl (C=O) groups is 2. The van der Waals surface area contributed by atoms with Gasteiger partial charge in [-0.2, -0.15) is 0 Å². The van der Waals surface area contributed by atoms with Crippen molar-refractivity contribution in [3.05, 3.63) is 117 Å². The van der Waals surface area contributed by atoms with E-state index in [0.29, 0.717) is 52.8 Å². The van der Waals surface area contributed by atoms with Gasteiger partial charge in [-0.25, -0.2) is 4.79 Å². The molecule has 0 radical (unpaired) electrons. The Labute approximate surface area is 252 Å². The average molecular weight is 586 g/mol. The number of nitrogens with one attached hydrogen (secondary N) is 1. The van der Waals surface area contributed by atoms with Gasteiger partial charge >= 0.3 is 5.97 Å². The van der Waals surface area contributed by atoms with Crippen LogP contribution in [0.15, 0.2) is 95.3 Å². The van der Waals surface area contributed by atoms with Crippen molar-refractivity contribution in [1.82, 2.24) is 5.32 Å². The van der Waals surface area contributed by atoms with E-state index in [2.05, 4.69) is 5.32 Å². The van der Waals surface area contributed by atoms with Crippen molar-refractivity contribution in [2.75, 3.05) is 13.7 Å². The molecule has 1 heterocycles. The lowest BCUT2D eigenvalue weighted by atomic mass is 9.71. The summed E-state index contributed by atoms with van der Waals surface area (Å²) in [5, 5.41) is 4.07. The van der Waals surface area contributed by atoms with Crippen LogP contribution in [0.1, 0.15) is 62.1 Å². The molecule has 1 aliphatic heterocycles. The molecule has 2 aliphatic rings. The number of ketones is 1. The van der Waals surface area contributed by atoms with Gasteiger partial charge in [0.2, 0.25) is 0 Å². The second-order valence-corrected chi connectivity index (χ2v) is 11.7.